The summed E-state index contributed by atoms with van der Waals surface area (Å²) < 4.78 is 15.7. The van der Waals surface area contributed by atoms with Crippen molar-refractivity contribution in [2.24, 2.45) is 0 Å². The second-order valence-corrected chi connectivity index (χ2v) is 6.42. The highest BCUT2D eigenvalue weighted by molar-refractivity contribution is 6.31. The third-order valence-corrected chi connectivity index (χ3v) is 4.36. The second-order valence-electron chi connectivity index (χ2n) is 6.02. The molecule has 0 bridgehead atoms. The molecule has 1 N–H and O–H groups in total. The van der Waals surface area contributed by atoms with Crippen LogP contribution in [-0.4, -0.2) is 37.8 Å². The smallest absolute Gasteiger partial charge is 0.347 e. The Bertz CT molecular complexity index is 807. The molecule has 0 heterocycles. The molecule has 0 aliphatic carbocycles. The van der Waals surface area contributed by atoms with Crippen molar-refractivity contribution in [3.8, 4) is 5.75 Å². The Labute approximate surface area is 169 Å². The highest BCUT2D eigenvalue weighted by Gasteiger charge is 2.16. The number of ether oxygens (including phenoxy) is 3. The predicted octanol–water partition coefficient (Wildman–Crippen LogP) is 4.25. The van der Waals surface area contributed by atoms with Gasteiger partial charge in [-0.1, -0.05) is 17.7 Å². The number of anilines is 1. The number of halogens is 1. The zero-order chi connectivity index (χ0) is 20.5. The summed E-state index contributed by atoms with van der Waals surface area (Å²) in [5, 5.41) is 3.42. The SMILES string of the molecule is CCOCCOC(=O)[C@H](C)Oc1ccc(C(=O)Nc2cccc(Cl)c2C)cc1. The van der Waals surface area contributed by atoms with Crippen molar-refractivity contribution >= 4 is 29.2 Å². The third kappa shape index (κ3) is 6.25. The topological polar surface area (TPSA) is 73.9 Å². The molecule has 1 amide bonds. The van der Waals surface area contributed by atoms with Gasteiger partial charge in [0.05, 0.1) is 6.61 Å². The maximum Gasteiger partial charge on any atom is 0.347 e. The van der Waals surface area contributed by atoms with Crippen LogP contribution in [0.1, 0.15) is 29.8 Å². The van der Waals surface area contributed by atoms with Gasteiger partial charge in [0.15, 0.2) is 6.10 Å². The number of benzene rings is 2. The Balaban J connectivity index is 1.91. The van der Waals surface area contributed by atoms with Gasteiger partial charge in [-0.05, 0) is 62.7 Å². The van der Waals surface area contributed by atoms with E-state index >= 15 is 0 Å². The van der Waals surface area contributed by atoms with E-state index in [1.54, 1.807) is 49.4 Å². The molecular formula is C21H24ClNO5. The average Bonchev–Trinajstić information content (AvgIpc) is 2.69. The zero-order valence-corrected chi connectivity index (χ0v) is 16.9. The quantitative estimate of drug-likeness (QED) is 0.498. The first-order valence-electron chi connectivity index (χ1n) is 9.00. The van der Waals surface area contributed by atoms with E-state index in [1.807, 2.05) is 13.8 Å². The van der Waals surface area contributed by atoms with E-state index in [0.29, 0.717) is 35.2 Å². The van der Waals surface area contributed by atoms with Crippen molar-refractivity contribution in [1.82, 2.24) is 0 Å². The summed E-state index contributed by atoms with van der Waals surface area (Å²) in [5.41, 5.74) is 1.91. The van der Waals surface area contributed by atoms with Crippen molar-refractivity contribution in [2.75, 3.05) is 25.1 Å². The van der Waals surface area contributed by atoms with E-state index < -0.39 is 12.1 Å². The number of rotatable bonds is 9. The molecule has 0 aliphatic rings. The molecule has 0 aliphatic heterocycles. The molecule has 2 aromatic carbocycles. The molecule has 0 saturated heterocycles. The molecule has 0 radical (unpaired) electrons. The predicted molar refractivity (Wildman–Crippen MR) is 108 cm³/mol. The van der Waals surface area contributed by atoms with Crippen LogP contribution in [0, 0.1) is 6.92 Å². The van der Waals surface area contributed by atoms with E-state index in [2.05, 4.69) is 5.32 Å². The largest absolute Gasteiger partial charge is 0.479 e. The van der Waals surface area contributed by atoms with Crippen molar-refractivity contribution in [3.05, 3.63) is 58.6 Å². The van der Waals surface area contributed by atoms with Gasteiger partial charge in [-0.25, -0.2) is 4.79 Å². The van der Waals surface area contributed by atoms with Crippen molar-refractivity contribution in [2.45, 2.75) is 26.9 Å². The minimum Gasteiger partial charge on any atom is -0.479 e. The Morgan fingerprint density at radius 3 is 2.50 bits per heavy atom. The van der Waals surface area contributed by atoms with Gasteiger partial charge >= 0.3 is 5.97 Å². The van der Waals surface area contributed by atoms with Gasteiger partial charge in [0.2, 0.25) is 0 Å². The van der Waals surface area contributed by atoms with Gasteiger partial charge in [0, 0.05) is 22.9 Å². The van der Waals surface area contributed by atoms with Crippen LogP contribution in [0.25, 0.3) is 0 Å². The molecule has 0 unspecified atom stereocenters. The first-order chi connectivity index (χ1) is 13.4. The number of hydrogen-bond acceptors (Lipinski definition) is 5. The molecular weight excluding hydrogens is 382 g/mol. The number of carbonyl (C=O) groups excluding carboxylic acids is 2. The summed E-state index contributed by atoms with van der Waals surface area (Å²) in [7, 11) is 0. The van der Waals surface area contributed by atoms with Gasteiger partial charge in [-0.2, -0.15) is 0 Å². The lowest BCUT2D eigenvalue weighted by Crippen LogP contribution is -2.27. The molecule has 1 atom stereocenters. The van der Waals surface area contributed by atoms with Crippen LogP contribution in [0.3, 0.4) is 0 Å². The average molecular weight is 406 g/mol. The van der Waals surface area contributed by atoms with Gasteiger partial charge < -0.3 is 19.5 Å². The highest BCUT2D eigenvalue weighted by Crippen LogP contribution is 2.24. The molecule has 6 nitrogen and oxygen atoms in total. The molecule has 150 valence electrons. The standard InChI is InChI=1S/C21H24ClNO5/c1-4-26-12-13-27-21(25)15(3)28-17-10-8-16(9-11-17)20(24)23-19-7-5-6-18(22)14(19)2/h5-11,15H,4,12-13H2,1-3H3,(H,23,24)/t15-/m0/s1. The number of hydrogen-bond donors (Lipinski definition) is 1. The summed E-state index contributed by atoms with van der Waals surface area (Å²) in [6, 6.07) is 11.8. The lowest BCUT2D eigenvalue weighted by molar-refractivity contribution is -0.152. The summed E-state index contributed by atoms with van der Waals surface area (Å²) >= 11 is 6.07. The minimum absolute atomic E-state index is 0.183. The Kier molecular flexibility index (Phi) is 8.29. The lowest BCUT2D eigenvalue weighted by atomic mass is 10.1. The summed E-state index contributed by atoms with van der Waals surface area (Å²) in [4.78, 5) is 24.3. The third-order valence-electron chi connectivity index (χ3n) is 3.95. The summed E-state index contributed by atoms with van der Waals surface area (Å²) in [5.74, 6) is -0.275. The van der Waals surface area contributed by atoms with Crippen molar-refractivity contribution < 1.29 is 23.8 Å². The van der Waals surface area contributed by atoms with E-state index in [9.17, 15) is 9.59 Å². The van der Waals surface area contributed by atoms with Crippen molar-refractivity contribution in [1.29, 1.82) is 0 Å². The van der Waals surface area contributed by atoms with Gasteiger partial charge in [-0.3, -0.25) is 4.79 Å². The Morgan fingerprint density at radius 1 is 1.11 bits per heavy atom. The molecule has 28 heavy (non-hydrogen) atoms. The van der Waals surface area contributed by atoms with Crippen LogP contribution < -0.4 is 10.1 Å². The first kappa shape index (κ1) is 21.7. The molecule has 0 saturated carbocycles. The minimum atomic E-state index is -0.768. The Hall–Kier alpha value is -2.57. The maximum atomic E-state index is 12.4. The van der Waals surface area contributed by atoms with E-state index in [1.165, 1.54) is 0 Å². The normalized spacial score (nSPS) is 11.6. The molecule has 0 fully saturated rings. The second kappa shape index (κ2) is 10.7. The number of carbonyl (C=O) groups is 2. The van der Waals surface area contributed by atoms with Gasteiger partial charge in [0.1, 0.15) is 12.4 Å². The van der Waals surface area contributed by atoms with E-state index in [4.69, 9.17) is 25.8 Å². The van der Waals surface area contributed by atoms with Crippen LogP contribution in [0.15, 0.2) is 42.5 Å². The zero-order valence-electron chi connectivity index (χ0n) is 16.2. The fraction of sp³-hybridized carbons (Fsp3) is 0.333. The molecule has 2 aromatic rings. The van der Waals surface area contributed by atoms with Crippen LogP contribution >= 0.6 is 11.6 Å². The molecule has 0 aromatic heterocycles. The van der Waals surface area contributed by atoms with Gasteiger partial charge in [0.25, 0.3) is 5.91 Å². The van der Waals surface area contributed by atoms with Crippen molar-refractivity contribution in [3.63, 3.8) is 0 Å². The summed E-state index contributed by atoms with van der Waals surface area (Å²) in [6.45, 7) is 6.41. The number of amides is 1. The number of esters is 1. The first-order valence-corrected chi connectivity index (χ1v) is 9.37. The molecule has 7 heteroatoms. The molecule has 2 rings (SSSR count). The number of nitrogens with one attached hydrogen (secondary N) is 1. The van der Waals surface area contributed by atoms with Gasteiger partial charge in [-0.15, -0.1) is 0 Å². The summed E-state index contributed by atoms with van der Waals surface area (Å²) in [6.07, 6.45) is -0.768. The Morgan fingerprint density at radius 2 is 1.82 bits per heavy atom. The monoisotopic (exact) mass is 405 g/mol. The van der Waals surface area contributed by atoms with E-state index in [-0.39, 0.29) is 12.5 Å². The maximum absolute atomic E-state index is 12.4. The molecule has 0 spiro atoms. The van der Waals surface area contributed by atoms with Crippen LogP contribution in [0.5, 0.6) is 5.75 Å². The fourth-order valence-electron chi connectivity index (χ4n) is 2.34. The lowest BCUT2D eigenvalue weighted by Gasteiger charge is -2.14. The van der Waals surface area contributed by atoms with Crippen LogP contribution in [0.2, 0.25) is 5.02 Å². The van der Waals surface area contributed by atoms with Crippen LogP contribution in [0.4, 0.5) is 5.69 Å². The fourth-order valence-corrected chi connectivity index (χ4v) is 2.51. The highest BCUT2D eigenvalue weighted by atomic mass is 35.5. The van der Waals surface area contributed by atoms with Crippen LogP contribution in [-0.2, 0) is 14.3 Å². The van der Waals surface area contributed by atoms with E-state index in [0.717, 1.165) is 5.56 Å².